The van der Waals surface area contributed by atoms with Gasteiger partial charge in [-0.3, -0.25) is 9.78 Å². The van der Waals surface area contributed by atoms with Gasteiger partial charge in [0.25, 0.3) is 0 Å². The second-order valence-corrected chi connectivity index (χ2v) is 5.82. The summed E-state index contributed by atoms with van der Waals surface area (Å²) in [6.07, 6.45) is 2.36. The van der Waals surface area contributed by atoms with Crippen LogP contribution in [0.15, 0.2) is 24.3 Å². The van der Waals surface area contributed by atoms with Crippen LogP contribution in [0.5, 0.6) is 0 Å². The summed E-state index contributed by atoms with van der Waals surface area (Å²) in [6.45, 7) is 3.70. The van der Waals surface area contributed by atoms with Gasteiger partial charge in [0.05, 0.1) is 16.8 Å². The summed E-state index contributed by atoms with van der Waals surface area (Å²) in [7, 11) is 0. The summed E-state index contributed by atoms with van der Waals surface area (Å²) in [4.78, 5) is 28.9. The number of carbonyl (C=O) groups excluding carboxylic acids is 2. The van der Waals surface area contributed by atoms with Gasteiger partial charge in [-0.05, 0) is 44.7 Å². The Balaban J connectivity index is 1.95. The van der Waals surface area contributed by atoms with Crippen LogP contribution >= 0.6 is 0 Å². The Kier molecular flexibility index (Phi) is 3.92. The van der Waals surface area contributed by atoms with Crippen LogP contribution < -0.4 is 0 Å². The highest BCUT2D eigenvalue weighted by atomic mass is 16.5. The van der Waals surface area contributed by atoms with E-state index in [2.05, 4.69) is 4.98 Å². The van der Waals surface area contributed by atoms with Gasteiger partial charge in [-0.15, -0.1) is 0 Å². The Morgan fingerprint density at radius 3 is 2.77 bits per heavy atom. The Bertz CT molecular complexity index is 751. The molecule has 0 N–H and O–H groups in total. The van der Waals surface area contributed by atoms with Crippen molar-refractivity contribution in [1.82, 2.24) is 4.98 Å². The second kappa shape index (κ2) is 5.87. The maximum atomic E-state index is 12.5. The first-order valence-electron chi connectivity index (χ1n) is 7.67. The fraction of sp³-hybridized carbons (Fsp3) is 0.389. The van der Waals surface area contributed by atoms with E-state index in [0.717, 1.165) is 29.3 Å². The monoisotopic (exact) mass is 297 g/mol. The summed E-state index contributed by atoms with van der Waals surface area (Å²) < 4.78 is 5.47. The van der Waals surface area contributed by atoms with Crippen molar-refractivity contribution in [1.29, 1.82) is 0 Å². The molecule has 1 atom stereocenters. The number of benzene rings is 1. The van der Waals surface area contributed by atoms with E-state index in [4.69, 9.17) is 4.74 Å². The fourth-order valence-electron chi connectivity index (χ4n) is 3.10. The van der Waals surface area contributed by atoms with Gasteiger partial charge in [-0.1, -0.05) is 18.2 Å². The Morgan fingerprint density at radius 2 is 2.00 bits per heavy atom. The first kappa shape index (κ1) is 14.7. The molecule has 114 valence electrons. The number of Topliss-reactive ketones (excluding diaryl/α,β-unsaturated/α-hetero) is 1. The molecule has 0 radical (unpaired) electrons. The van der Waals surface area contributed by atoms with Crippen molar-refractivity contribution in [2.45, 2.75) is 45.6 Å². The van der Waals surface area contributed by atoms with Crippen molar-refractivity contribution in [3.63, 3.8) is 0 Å². The van der Waals surface area contributed by atoms with Crippen LogP contribution in [0, 0.1) is 13.8 Å². The van der Waals surface area contributed by atoms with Crippen molar-refractivity contribution in [3.05, 3.63) is 41.1 Å². The van der Waals surface area contributed by atoms with Gasteiger partial charge >= 0.3 is 5.97 Å². The normalized spacial score (nSPS) is 18.5. The van der Waals surface area contributed by atoms with Crippen molar-refractivity contribution in [2.24, 2.45) is 0 Å². The summed E-state index contributed by atoms with van der Waals surface area (Å²) in [6, 6.07) is 7.72. The first-order chi connectivity index (χ1) is 10.6. The number of nitrogens with zero attached hydrogens (tertiary/aromatic N) is 1. The van der Waals surface area contributed by atoms with Crippen LogP contribution in [0.1, 0.15) is 47.3 Å². The average molecular weight is 297 g/mol. The van der Waals surface area contributed by atoms with Crippen LogP contribution in [-0.4, -0.2) is 22.8 Å². The number of hydrogen-bond acceptors (Lipinski definition) is 4. The van der Waals surface area contributed by atoms with Crippen molar-refractivity contribution in [2.75, 3.05) is 0 Å². The van der Waals surface area contributed by atoms with Crippen LogP contribution in [0.2, 0.25) is 0 Å². The fourth-order valence-corrected chi connectivity index (χ4v) is 3.10. The molecule has 1 fully saturated rings. The number of ether oxygens (including phenoxy) is 1. The molecule has 0 unspecified atom stereocenters. The molecule has 1 heterocycles. The molecule has 0 bridgehead atoms. The molecule has 0 spiro atoms. The number of para-hydroxylation sites is 1. The number of ketones is 1. The van der Waals surface area contributed by atoms with E-state index >= 15 is 0 Å². The topological polar surface area (TPSA) is 56.3 Å². The molecule has 0 saturated heterocycles. The third-order valence-corrected chi connectivity index (χ3v) is 4.29. The van der Waals surface area contributed by atoms with E-state index in [9.17, 15) is 9.59 Å². The van der Waals surface area contributed by atoms with E-state index < -0.39 is 12.1 Å². The largest absolute Gasteiger partial charge is 0.451 e. The molecule has 0 amide bonds. The van der Waals surface area contributed by atoms with E-state index in [1.54, 1.807) is 6.92 Å². The zero-order chi connectivity index (χ0) is 15.7. The van der Waals surface area contributed by atoms with E-state index in [1.807, 2.05) is 31.2 Å². The molecule has 3 rings (SSSR count). The highest BCUT2D eigenvalue weighted by molar-refractivity contribution is 5.99. The predicted molar refractivity (Wildman–Crippen MR) is 83.9 cm³/mol. The van der Waals surface area contributed by atoms with Gasteiger partial charge in [0.1, 0.15) is 0 Å². The van der Waals surface area contributed by atoms with E-state index in [0.29, 0.717) is 24.1 Å². The Morgan fingerprint density at radius 1 is 1.23 bits per heavy atom. The Hall–Kier alpha value is -2.23. The maximum Gasteiger partial charge on any atom is 0.340 e. The number of aryl methyl sites for hydroxylation is 2. The minimum Gasteiger partial charge on any atom is -0.451 e. The summed E-state index contributed by atoms with van der Waals surface area (Å²) >= 11 is 0. The second-order valence-electron chi connectivity index (χ2n) is 5.82. The van der Waals surface area contributed by atoms with Gasteiger partial charge in [-0.25, -0.2) is 4.79 Å². The summed E-state index contributed by atoms with van der Waals surface area (Å²) in [5, 5.41) is 0.940. The highest BCUT2D eigenvalue weighted by Crippen LogP contribution is 2.25. The molecule has 1 saturated carbocycles. The van der Waals surface area contributed by atoms with Crippen LogP contribution in [-0.2, 0) is 9.53 Å². The average Bonchev–Trinajstić information content (AvgIpc) is 2.49. The minimum absolute atomic E-state index is 0.0312. The first-order valence-corrected chi connectivity index (χ1v) is 7.67. The molecule has 22 heavy (non-hydrogen) atoms. The standard InChI is InChI=1S/C18H19NO3/c1-11-13-7-3-4-8-14(13)19-12(2)17(11)18(21)22-16-10-6-5-9-15(16)20/h3-4,7-8,16H,5-6,9-10H2,1-2H3/t16-/m0/s1. The lowest BCUT2D eigenvalue weighted by Gasteiger charge is -2.21. The third kappa shape index (κ3) is 2.61. The maximum absolute atomic E-state index is 12.5. The van der Waals surface area contributed by atoms with Crippen molar-refractivity contribution < 1.29 is 14.3 Å². The number of pyridine rings is 1. The molecule has 4 heteroatoms. The van der Waals surface area contributed by atoms with E-state index in [1.165, 1.54) is 0 Å². The molecular weight excluding hydrogens is 278 g/mol. The number of esters is 1. The molecular formula is C18H19NO3. The van der Waals surface area contributed by atoms with Crippen molar-refractivity contribution >= 4 is 22.7 Å². The SMILES string of the molecule is Cc1nc2ccccc2c(C)c1C(=O)O[C@H]1CCCCC1=O. The summed E-state index contributed by atoms with van der Waals surface area (Å²) in [5.74, 6) is -0.405. The zero-order valence-corrected chi connectivity index (χ0v) is 12.9. The number of rotatable bonds is 2. The van der Waals surface area contributed by atoms with E-state index in [-0.39, 0.29) is 5.78 Å². The number of hydrogen-bond donors (Lipinski definition) is 0. The van der Waals surface area contributed by atoms with Crippen LogP contribution in [0.25, 0.3) is 10.9 Å². The molecule has 4 nitrogen and oxygen atoms in total. The minimum atomic E-state index is -0.591. The van der Waals surface area contributed by atoms with Gasteiger partial charge in [-0.2, -0.15) is 0 Å². The Labute approximate surface area is 129 Å². The zero-order valence-electron chi connectivity index (χ0n) is 12.9. The quantitative estimate of drug-likeness (QED) is 0.796. The lowest BCUT2D eigenvalue weighted by molar-refractivity contribution is -0.129. The molecule has 0 aliphatic heterocycles. The van der Waals surface area contributed by atoms with Gasteiger partial charge in [0.15, 0.2) is 11.9 Å². The molecule has 1 aliphatic rings. The molecule has 1 aromatic carbocycles. The lowest BCUT2D eigenvalue weighted by Crippen LogP contribution is -2.30. The summed E-state index contributed by atoms with van der Waals surface area (Å²) in [5.41, 5.74) is 2.85. The van der Waals surface area contributed by atoms with Gasteiger partial charge in [0, 0.05) is 11.8 Å². The molecule has 1 aromatic heterocycles. The number of aromatic nitrogens is 1. The smallest absolute Gasteiger partial charge is 0.340 e. The highest BCUT2D eigenvalue weighted by Gasteiger charge is 2.28. The van der Waals surface area contributed by atoms with Crippen LogP contribution in [0.4, 0.5) is 0 Å². The van der Waals surface area contributed by atoms with Crippen LogP contribution in [0.3, 0.4) is 0 Å². The van der Waals surface area contributed by atoms with Crippen molar-refractivity contribution in [3.8, 4) is 0 Å². The van der Waals surface area contributed by atoms with Gasteiger partial charge in [0.2, 0.25) is 0 Å². The van der Waals surface area contributed by atoms with Gasteiger partial charge < -0.3 is 4.74 Å². The number of fused-ring (bicyclic) bond motifs is 1. The lowest BCUT2D eigenvalue weighted by atomic mass is 9.96. The molecule has 1 aliphatic carbocycles. The predicted octanol–water partition coefficient (Wildman–Crippen LogP) is 3.52. The number of carbonyl (C=O) groups is 2. The molecule has 2 aromatic rings. The third-order valence-electron chi connectivity index (χ3n) is 4.29.